The molecule has 1 rings (SSSR count). The minimum Gasteiger partial charge on any atom is -0.492 e. The van der Waals surface area contributed by atoms with Gasteiger partial charge in [-0.15, -0.1) is 0 Å². The molecule has 0 amide bonds. The van der Waals surface area contributed by atoms with E-state index in [1.807, 2.05) is 6.92 Å². The summed E-state index contributed by atoms with van der Waals surface area (Å²) in [7, 11) is 0. The Bertz CT molecular complexity index is 340. The predicted molar refractivity (Wildman–Crippen MR) is 58.4 cm³/mol. The molecule has 0 atom stereocenters. The van der Waals surface area contributed by atoms with Gasteiger partial charge in [0.05, 0.1) is 12.3 Å². The normalized spacial score (nSPS) is 10.7. The molecule has 5 heteroatoms. The Labute approximate surface area is 88.3 Å². The van der Waals surface area contributed by atoms with Crippen molar-refractivity contribution in [2.24, 2.45) is 0 Å². The van der Waals surface area contributed by atoms with Crippen molar-refractivity contribution in [2.45, 2.75) is 19.6 Å². The SMILES string of the molecule is CCOc1ccc(N)c(CC(O)O)c1N. The highest BCUT2D eigenvalue weighted by Crippen LogP contribution is 2.30. The van der Waals surface area contributed by atoms with Crippen LogP contribution in [-0.2, 0) is 6.42 Å². The Balaban J connectivity index is 3.06. The average molecular weight is 212 g/mol. The molecule has 0 fully saturated rings. The maximum Gasteiger partial charge on any atom is 0.155 e. The lowest BCUT2D eigenvalue weighted by molar-refractivity contribution is -0.0379. The first-order chi connectivity index (χ1) is 7.06. The zero-order chi connectivity index (χ0) is 11.4. The van der Waals surface area contributed by atoms with Crippen molar-refractivity contribution in [3.8, 4) is 5.75 Å². The molecular formula is C10H16N2O3. The van der Waals surface area contributed by atoms with Gasteiger partial charge in [0.2, 0.25) is 0 Å². The van der Waals surface area contributed by atoms with Gasteiger partial charge in [0, 0.05) is 17.7 Å². The number of aliphatic hydroxyl groups is 2. The summed E-state index contributed by atoms with van der Waals surface area (Å²) in [6.45, 7) is 2.34. The largest absolute Gasteiger partial charge is 0.492 e. The maximum atomic E-state index is 8.88. The van der Waals surface area contributed by atoms with Gasteiger partial charge in [-0.3, -0.25) is 0 Å². The van der Waals surface area contributed by atoms with Gasteiger partial charge in [0.25, 0.3) is 0 Å². The van der Waals surface area contributed by atoms with Gasteiger partial charge in [-0.1, -0.05) is 0 Å². The molecule has 0 aromatic heterocycles. The van der Waals surface area contributed by atoms with E-state index in [1.165, 1.54) is 0 Å². The fourth-order valence-corrected chi connectivity index (χ4v) is 1.35. The van der Waals surface area contributed by atoms with Crippen molar-refractivity contribution in [3.63, 3.8) is 0 Å². The number of ether oxygens (including phenoxy) is 1. The highest BCUT2D eigenvalue weighted by Gasteiger charge is 2.12. The second kappa shape index (κ2) is 4.86. The Kier molecular flexibility index (Phi) is 3.76. The van der Waals surface area contributed by atoms with Crippen LogP contribution >= 0.6 is 0 Å². The average Bonchev–Trinajstić information content (AvgIpc) is 2.17. The van der Waals surface area contributed by atoms with Crippen LogP contribution in [0.3, 0.4) is 0 Å². The minimum absolute atomic E-state index is 0.00141. The third kappa shape index (κ3) is 2.74. The smallest absolute Gasteiger partial charge is 0.155 e. The lowest BCUT2D eigenvalue weighted by Gasteiger charge is -2.14. The molecule has 1 aromatic carbocycles. The summed E-state index contributed by atoms with van der Waals surface area (Å²) in [5.41, 5.74) is 12.8. The number of anilines is 2. The van der Waals surface area contributed by atoms with Crippen molar-refractivity contribution >= 4 is 11.4 Å². The highest BCUT2D eigenvalue weighted by atomic mass is 16.5. The molecule has 1 aromatic rings. The zero-order valence-corrected chi connectivity index (χ0v) is 8.60. The van der Waals surface area contributed by atoms with Crippen LogP contribution in [0.15, 0.2) is 12.1 Å². The molecule has 0 unspecified atom stereocenters. The molecule has 0 aliphatic heterocycles. The molecule has 0 bridgehead atoms. The van der Waals surface area contributed by atoms with Gasteiger partial charge < -0.3 is 26.4 Å². The fourth-order valence-electron chi connectivity index (χ4n) is 1.35. The van der Waals surface area contributed by atoms with Crippen LogP contribution in [0.2, 0.25) is 0 Å². The van der Waals surface area contributed by atoms with Crippen LogP contribution in [0, 0.1) is 0 Å². The summed E-state index contributed by atoms with van der Waals surface area (Å²) in [5, 5.41) is 17.8. The third-order valence-electron chi connectivity index (χ3n) is 2.04. The van der Waals surface area contributed by atoms with Crippen LogP contribution in [0.1, 0.15) is 12.5 Å². The Morgan fingerprint density at radius 2 is 2.00 bits per heavy atom. The molecule has 0 heterocycles. The topological polar surface area (TPSA) is 102 Å². The van der Waals surface area contributed by atoms with Crippen molar-refractivity contribution in [1.82, 2.24) is 0 Å². The zero-order valence-electron chi connectivity index (χ0n) is 8.60. The van der Waals surface area contributed by atoms with Crippen molar-refractivity contribution in [1.29, 1.82) is 0 Å². The van der Waals surface area contributed by atoms with Gasteiger partial charge in [0.15, 0.2) is 6.29 Å². The first kappa shape index (κ1) is 11.6. The summed E-state index contributed by atoms with van der Waals surface area (Å²) in [5.74, 6) is 0.516. The van der Waals surface area contributed by atoms with E-state index in [2.05, 4.69) is 0 Å². The molecule has 5 nitrogen and oxygen atoms in total. The maximum absolute atomic E-state index is 8.88. The van der Waals surface area contributed by atoms with Crippen LogP contribution in [0.5, 0.6) is 5.75 Å². The summed E-state index contributed by atoms with van der Waals surface area (Å²) in [4.78, 5) is 0. The number of rotatable bonds is 4. The second-order valence-corrected chi connectivity index (χ2v) is 3.16. The lowest BCUT2D eigenvalue weighted by Crippen LogP contribution is -2.13. The molecule has 6 N–H and O–H groups in total. The van der Waals surface area contributed by atoms with E-state index >= 15 is 0 Å². The van der Waals surface area contributed by atoms with Gasteiger partial charge in [0.1, 0.15) is 5.75 Å². The molecule has 0 aliphatic carbocycles. The van der Waals surface area contributed by atoms with E-state index in [1.54, 1.807) is 12.1 Å². The monoisotopic (exact) mass is 212 g/mol. The summed E-state index contributed by atoms with van der Waals surface area (Å²) in [6.07, 6.45) is -1.47. The van der Waals surface area contributed by atoms with Crippen LogP contribution in [0.25, 0.3) is 0 Å². The Morgan fingerprint density at radius 1 is 1.33 bits per heavy atom. The summed E-state index contributed by atoms with van der Waals surface area (Å²) in [6, 6.07) is 3.31. The van der Waals surface area contributed by atoms with E-state index in [9.17, 15) is 0 Å². The number of aliphatic hydroxyl groups excluding tert-OH is 1. The summed E-state index contributed by atoms with van der Waals surface area (Å²) >= 11 is 0. The van der Waals surface area contributed by atoms with E-state index in [0.29, 0.717) is 29.3 Å². The third-order valence-corrected chi connectivity index (χ3v) is 2.04. The van der Waals surface area contributed by atoms with E-state index in [-0.39, 0.29) is 6.42 Å². The number of nitrogen functional groups attached to an aromatic ring is 2. The molecule has 0 aliphatic rings. The van der Waals surface area contributed by atoms with Gasteiger partial charge >= 0.3 is 0 Å². The standard InChI is InChI=1S/C10H16N2O3/c1-2-15-8-4-3-7(11)6(10(8)12)5-9(13)14/h3-4,9,13-14H,2,5,11-12H2,1H3. The quantitative estimate of drug-likeness (QED) is 0.419. The molecule has 15 heavy (non-hydrogen) atoms. The predicted octanol–water partition coefficient (Wildman–Crippen LogP) is 0.103. The number of hydrogen-bond donors (Lipinski definition) is 4. The van der Waals surface area contributed by atoms with Crippen molar-refractivity contribution < 1.29 is 14.9 Å². The first-order valence-corrected chi connectivity index (χ1v) is 4.72. The Hall–Kier alpha value is -1.46. The van der Waals surface area contributed by atoms with E-state index < -0.39 is 6.29 Å². The second-order valence-electron chi connectivity index (χ2n) is 3.16. The lowest BCUT2D eigenvalue weighted by atomic mass is 10.1. The summed E-state index contributed by atoms with van der Waals surface area (Å²) < 4.78 is 5.27. The van der Waals surface area contributed by atoms with Crippen LogP contribution in [-0.4, -0.2) is 23.1 Å². The Morgan fingerprint density at radius 3 is 2.53 bits per heavy atom. The van der Waals surface area contributed by atoms with E-state index in [0.717, 1.165) is 0 Å². The van der Waals surface area contributed by atoms with Gasteiger partial charge in [-0.05, 0) is 19.1 Å². The molecule has 0 spiro atoms. The molecule has 0 radical (unpaired) electrons. The van der Waals surface area contributed by atoms with Gasteiger partial charge in [-0.25, -0.2) is 0 Å². The fraction of sp³-hybridized carbons (Fsp3) is 0.400. The molecule has 0 saturated carbocycles. The van der Waals surface area contributed by atoms with E-state index in [4.69, 9.17) is 26.4 Å². The minimum atomic E-state index is -1.47. The molecule has 84 valence electrons. The molecular weight excluding hydrogens is 196 g/mol. The molecule has 0 saturated heterocycles. The van der Waals surface area contributed by atoms with Crippen molar-refractivity contribution in [3.05, 3.63) is 17.7 Å². The van der Waals surface area contributed by atoms with Crippen LogP contribution < -0.4 is 16.2 Å². The van der Waals surface area contributed by atoms with Crippen molar-refractivity contribution in [2.75, 3.05) is 18.1 Å². The number of benzene rings is 1. The highest BCUT2D eigenvalue weighted by molar-refractivity contribution is 5.68. The van der Waals surface area contributed by atoms with Crippen LogP contribution in [0.4, 0.5) is 11.4 Å². The number of hydrogen-bond acceptors (Lipinski definition) is 5. The number of nitrogens with two attached hydrogens (primary N) is 2. The van der Waals surface area contributed by atoms with Gasteiger partial charge in [-0.2, -0.15) is 0 Å². The first-order valence-electron chi connectivity index (χ1n) is 4.72.